The molecular weight excluding hydrogens is 334 g/mol. The van der Waals surface area contributed by atoms with Gasteiger partial charge in [0.2, 0.25) is 5.16 Å². The summed E-state index contributed by atoms with van der Waals surface area (Å²) in [6, 6.07) is 8.61. The molecule has 4 aromatic rings. The van der Waals surface area contributed by atoms with E-state index in [1.54, 1.807) is 47.2 Å². The molecule has 0 bridgehead atoms. The van der Waals surface area contributed by atoms with E-state index in [1.807, 2.05) is 6.92 Å². The number of hydrogen-bond acceptors (Lipinski definition) is 5. The van der Waals surface area contributed by atoms with Crippen LogP contribution >= 0.6 is 11.8 Å². The number of halogens is 2. The van der Waals surface area contributed by atoms with Gasteiger partial charge >= 0.3 is 6.55 Å². The zero-order chi connectivity index (χ0) is 16.7. The first-order valence-electron chi connectivity index (χ1n) is 7.22. The van der Waals surface area contributed by atoms with Crippen molar-refractivity contribution < 1.29 is 8.78 Å². The summed E-state index contributed by atoms with van der Waals surface area (Å²) in [4.78, 5) is 12.8. The lowest BCUT2D eigenvalue weighted by Crippen LogP contribution is -2.06. The van der Waals surface area contributed by atoms with Gasteiger partial charge in [0.15, 0.2) is 0 Å². The van der Waals surface area contributed by atoms with Crippen molar-refractivity contribution in [3.05, 3.63) is 48.5 Å². The molecule has 0 aliphatic carbocycles. The quantitative estimate of drug-likeness (QED) is 0.527. The monoisotopic (exact) mass is 346 g/mol. The van der Waals surface area contributed by atoms with Crippen LogP contribution < -0.4 is 0 Å². The van der Waals surface area contributed by atoms with Crippen LogP contribution in [0.5, 0.6) is 0 Å². The molecule has 9 heteroatoms. The van der Waals surface area contributed by atoms with Gasteiger partial charge in [0.05, 0.1) is 16.3 Å². The molecule has 3 heterocycles. The van der Waals surface area contributed by atoms with Crippen LogP contribution in [-0.4, -0.2) is 29.1 Å². The SMILES string of the molecule is C[C@@H](Sc1nc2ncccn2n1)c1nc2ccccc2n1C(F)F. The summed E-state index contributed by atoms with van der Waals surface area (Å²) in [6.45, 7) is -0.852. The molecule has 0 aliphatic heterocycles. The number of imidazole rings is 1. The molecule has 4 rings (SSSR count). The van der Waals surface area contributed by atoms with E-state index in [0.717, 1.165) is 4.57 Å². The third kappa shape index (κ3) is 2.50. The highest BCUT2D eigenvalue weighted by atomic mass is 32.2. The van der Waals surface area contributed by atoms with Crippen molar-refractivity contribution in [2.24, 2.45) is 0 Å². The highest BCUT2D eigenvalue weighted by Gasteiger charge is 2.23. The normalized spacial score (nSPS) is 13.2. The minimum Gasteiger partial charge on any atom is -0.269 e. The highest BCUT2D eigenvalue weighted by molar-refractivity contribution is 7.99. The van der Waals surface area contributed by atoms with E-state index in [2.05, 4.69) is 20.1 Å². The molecule has 0 saturated carbocycles. The fourth-order valence-electron chi connectivity index (χ4n) is 2.53. The van der Waals surface area contributed by atoms with Crippen LogP contribution in [-0.2, 0) is 0 Å². The van der Waals surface area contributed by atoms with E-state index in [1.165, 1.54) is 11.8 Å². The maximum atomic E-state index is 13.5. The van der Waals surface area contributed by atoms with Gasteiger partial charge in [-0.1, -0.05) is 23.9 Å². The summed E-state index contributed by atoms with van der Waals surface area (Å²) in [7, 11) is 0. The first-order valence-corrected chi connectivity index (χ1v) is 8.10. The number of rotatable bonds is 4. The number of fused-ring (bicyclic) bond motifs is 2. The summed E-state index contributed by atoms with van der Waals surface area (Å²) in [5.41, 5.74) is 0.962. The minimum atomic E-state index is -2.66. The Morgan fingerprint density at radius 3 is 2.75 bits per heavy atom. The number of alkyl halides is 2. The molecule has 0 unspecified atom stereocenters. The molecule has 0 saturated heterocycles. The van der Waals surface area contributed by atoms with Crippen molar-refractivity contribution in [1.82, 2.24) is 29.1 Å². The predicted octanol–water partition coefficient (Wildman–Crippen LogP) is 3.72. The molecule has 0 radical (unpaired) electrons. The smallest absolute Gasteiger partial charge is 0.269 e. The Balaban J connectivity index is 1.72. The van der Waals surface area contributed by atoms with Gasteiger partial charge in [-0.2, -0.15) is 13.8 Å². The Labute approximate surface area is 139 Å². The summed E-state index contributed by atoms with van der Waals surface area (Å²) in [6.07, 6.45) is 3.36. The highest BCUT2D eigenvalue weighted by Crippen LogP contribution is 2.36. The van der Waals surface area contributed by atoms with E-state index < -0.39 is 6.55 Å². The second-order valence-corrected chi connectivity index (χ2v) is 6.43. The number of hydrogen-bond donors (Lipinski definition) is 0. The van der Waals surface area contributed by atoms with Gasteiger partial charge in [0.25, 0.3) is 5.78 Å². The van der Waals surface area contributed by atoms with E-state index in [0.29, 0.717) is 27.8 Å². The van der Waals surface area contributed by atoms with Crippen molar-refractivity contribution in [3.8, 4) is 0 Å². The van der Waals surface area contributed by atoms with Gasteiger partial charge in [-0.15, -0.1) is 5.10 Å². The molecule has 0 fully saturated rings. The molecule has 0 N–H and O–H groups in total. The maximum absolute atomic E-state index is 13.5. The van der Waals surface area contributed by atoms with Crippen molar-refractivity contribution >= 4 is 28.6 Å². The lowest BCUT2D eigenvalue weighted by atomic mass is 10.3. The average Bonchev–Trinajstić information content (AvgIpc) is 3.15. The molecule has 122 valence electrons. The number of aromatic nitrogens is 6. The summed E-state index contributed by atoms with van der Waals surface area (Å²) in [5, 5.41) is 4.41. The fourth-order valence-corrected chi connectivity index (χ4v) is 3.39. The molecule has 0 spiro atoms. The Morgan fingerprint density at radius 1 is 1.12 bits per heavy atom. The van der Waals surface area contributed by atoms with Crippen LogP contribution in [0.1, 0.15) is 24.5 Å². The van der Waals surface area contributed by atoms with E-state index in [-0.39, 0.29) is 5.25 Å². The third-order valence-corrected chi connectivity index (χ3v) is 4.51. The Bertz CT molecular complexity index is 978. The fraction of sp³-hybridized carbons (Fsp3) is 0.200. The van der Waals surface area contributed by atoms with Gasteiger partial charge in [-0.25, -0.2) is 14.5 Å². The zero-order valence-electron chi connectivity index (χ0n) is 12.5. The summed E-state index contributed by atoms with van der Waals surface area (Å²) < 4.78 is 29.6. The van der Waals surface area contributed by atoms with Crippen LogP contribution in [0.2, 0.25) is 0 Å². The van der Waals surface area contributed by atoms with Crippen LogP contribution in [0.15, 0.2) is 47.9 Å². The van der Waals surface area contributed by atoms with Gasteiger partial charge in [0, 0.05) is 12.4 Å². The van der Waals surface area contributed by atoms with E-state index in [9.17, 15) is 8.78 Å². The number of benzene rings is 1. The van der Waals surface area contributed by atoms with Crippen molar-refractivity contribution in [3.63, 3.8) is 0 Å². The second-order valence-electron chi connectivity index (χ2n) is 5.13. The molecule has 3 aromatic heterocycles. The predicted molar refractivity (Wildman–Crippen MR) is 86.0 cm³/mol. The van der Waals surface area contributed by atoms with Gasteiger partial charge in [-0.3, -0.25) is 4.57 Å². The molecular formula is C15H12F2N6S. The first kappa shape index (κ1) is 15.0. The number of nitrogens with zero attached hydrogens (tertiary/aromatic N) is 6. The Morgan fingerprint density at radius 2 is 1.96 bits per heavy atom. The first-order chi connectivity index (χ1) is 11.6. The van der Waals surface area contributed by atoms with Gasteiger partial charge in [-0.05, 0) is 25.1 Å². The maximum Gasteiger partial charge on any atom is 0.320 e. The topological polar surface area (TPSA) is 60.9 Å². The Hall–Kier alpha value is -2.55. The lowest BCUT2D eigenvalue weighted by Gasteiger charge is -2.12. The largest absolute Gasteiger partial charge is 0.320 e. The number of para-hydroxylation sites is 2. The van der Waals surface area contributed by atoms with Crippen LogP contribution in [0.4, 0.5) is 8.78 Å². The van der Waals surface area contributed by atoms with Crippen molar-refractivity contribution in [2.75, 3.05) is 0 Å². The van der Waals surface area contributed by atoms with Gasteiger partial charge < -0.3 is 0 Å². The third-order valence-electron chi connectivity index (χ3n) is 3.56. The van der Waals surface area contributed by atoms with Crippen LogP contribution in [0, 0.1) is 0 Å². The van der Waals surface area contributed by atoms with E-state index in [4.69, 9.17) is 0 Å². The number of thioether (sulfide) groups is 1. The summed E-state index contributed by atoms with van der Waals surface area (Å²) >= 11 is 1.27. The Kier molecular flexibility index (Phi) is 3.64. The minimum absolute atomic E-state index is 0.294. The average molecular weight is 346 g/mol. The molecule has 24 heavy (non-hydrogen) atoms. The molecule has 1 aromatic carbocycles. The molecule has 0 amide bonds. The van der Waals surface area contributed by atoms with Crippen molar-refractivity contribution in [1.29, 1.82) is 0 Å². The summed E-state index contributed by atoms with van der Waals surface area (Å²) in [5.74, 6) is 0.762. The molecule has 6 nitrogen and oxygen atoms in total. The molecule has 1 atom stereocenters. The van der Waals surface area contributed by atoms with E-state index >= 15 is 0 Å². The second kappa shape index (κ2) is 5.82. The lowest BCUT2D eigenvalue weighted by molar-refractivity contribution is 0.0715. The zero-order valence-corrected chi connectivity index (χ0v) is 13.4. The standard InChI is InChI=1S/C15H12F2N6S/c1-9(24-15-20-14-18-7-4-8-22(14)21-15)12-19-10-5-2-3-6-11(10)23(12)13(16)17/h2-9,13H,1H3/t9-/m1/s1. The van der Waals surface area contributed by atoms with Gasteiger partial charge in [0.1, 0.15) is 5.82 Å². The van der Waals surface area contributed by atoms with Crippen LogP contribution in [0.25, 0.3) is 16.8 Å². The van der Waals surface area contributed by atoms with Crippen molar-refractivity contribution in [2.45, 2.75) is 23.9 Å². The molecule has 0 aliphatic rings. The van der Waals surface area contributed by atoms with Crippen LogP contribution in [0.3, 0.4) is 0 Å².